The Morgan fingerprint density at radius 3 is 2.05 bits per heavy atom. The number of methoxy groups -OCH3 is 3. The highest BCUT2D eigenvalue weighted by molar-refractivity contribution is 9.09. The van der Waals surface area contributed by atoms with E-state index in [1.807, 2.05) is 12.1 Å². The van der Waals surface area contributed by atoms with Crippen LogP contribution in [-0.4, -0.2) is 33.3 Å². The zero-order valence-corrected chi connectivity index (χ0v) is 14.2. The first-order valence-electron chi connectivity index (χ1n) is 6.65. The summed E-state index contributed by atoms with van der Waals surface area (Å²) >= 11 is 3.45. The van der Waals surface area contributed by atoms with Crippen molar-refractivity contribution in [2.24, 2.45) is 5.92 Å². The van der Waals surface area contributed by atoms with Gasteiger partial charge in [-0.1, -0.05) is 22.9 Å². The SMILES string of the molecule is COc1cc(OCCC(C)CCBr)cc(OC)c1OC. The Bertz CT molecular complexity index is 384. The fraction of sp³-hybridized carbons (Fsp3) is 0.600. The van der Waals surface area contributed by atoms with Crippen LogP contribution in [0.4, 0.5) is 0 Å². The van der Waals surface area contributed by atoms with Crippen LogP contribution in [0.2, 0.25) is 0 Å². The van der Waals surface area contributed by atoms with E-state index in [-0.39, 0.29) is 0 Å². The van der Waals surface area contributed by atoms with E-state index in [2.05, 4.69) is 22.9 Å². The van der Waals surface area contributed by atoms with Crippen LogP contribution in [0.5, 0.6) is 23.0 Å². The van der Waals surface area contributed by atoms with Gasteiger partial charge in [-0.3, -0.25) is 0 Å². The quantitative estimate of drug-likeness (QED) is 0.635. The van der Waals surface area contributed by atoms with Crippen LogP contribution in [0, 0.1) is 5.92 Å². The summed E-state index contributed by atoms with van der Waals surface area (Å²) in [5.41, 5.74) is 0. The number of alkyl halides is 1. The molecule has 0 saturated carbocycles. The molecule has 0 aliphatic rings. The molecule has 0 aliphatic carbocycles. The Morgan fingerprint density at radius 2 is 1.60 bits per heavy atom. The zero-order valence-electron chi connectivity index (χ0n) is 12.6. The molecule has 0 aromatic heterocycles. The molecule has 5 heteroatoms. The topological polar surface area (TPSA) is 36.9 Å². The summed E-state index contributed by atoms with van der Waals surface area (Å²) in [6.45, 7) is 2.90. The fourth-order valence-electron chi connectivity index (χ4n) is 1.85. The molecular formula is C15H23BrO4. The average Bonchev–Trinajstić information content (AvgIpc) is 2.46. The third-order valence-corrected chi connectivity index (χ3v) is 3.58. The Labute approximate surface area is 129 Å². The first-order chi connectivity index (χ1) is 9.65. The van der Waals surface area contributed by atoms with Gasteiger partial charge in [-0.25, -0.2) is 0 Å². The van der Waals surface area contributed by atoms with Gasteiger partial charge in [0.05, 0.1) is 27.9 Å². The summed E-state index contributed by atoms with van der Waals surface area (Å²) in [6, 6.07) is 3.63. The summed E-state index contributed by atoms with van der Waals surface area (Å²) in [6.07, 6.45) is 2.17. The van der Waals surface area contributed by atoms with Crippen molar-refractivity contribution in [3.05, 3.63) is 12.1 Å². The molecule has 0 N–H and O–H groups in total. The largest absolute Gasteiger partial charge is 0.493 e. The summed E-state index contributed by atoms with van der Waals surface area (Å²) < 4.78 is 21.6. The van der Waals surface area contributed by atoms with Crippen molar-refractivity contribution in [1.82, 2.24) is 0 Å². The smallest absolute Gasteiger partial charge is 0.203 e. The molecule has 0 saturated heterocycles. The van der Waals surface area contributed by atoms with Crippen LogP contribution in [0.1, 0.15) is 19.8 Å². The first kappa shape index (κ1) is 17.0. The minimum Gasteiger partial charge on any atom is -0.493 e. The second-order valence-electron chi connectivity index (χ2n) is 4.58. The summed E-state index contributed by atoms with van der Waals surface area (Å²) in [7, 11) is 4.78. The molecule has 0 fully saturated rings. The Balaban J connectivity index is 2.71. The Morgan fingerprint density at radius 1 is 1.00 bits per heavy atom. The molecule has 1 rings (SSSR count). The third-order valence-electron chi connectivity index (χ3n) is 3.12. The van der Waals surface area contributed by atoms with Gasteiger partial charge in [0.15, 0.2) is 11.5 Å². The van der Waals surface area contributed by atoms with Gasteiger partial charge >= 0.3 is 0 Å². The molecule has 0 heterocycles. The standard InChI is InChI=1S/C15H23BrO4/c1-11(5-7-16)6-8-20-12-9-13(17-2)15(19-4)14(10-12)18-3/h9-11H,5-8H2,1-4H3. The van der Waals surface area contributed by atoms with Crippen LogP contribution in [-0.2, 0) is 0 Å². The summed E-state index contributed by atoms with van der Waals surface area (Å²) in [5.74, 6) is 3.16. The monoisotopic (exact) mass is 346 g/mol. The van der Waals surface area contributed by atoms with Crippen LogP contribution in [0.25, 0.3) is 0 Å². The van der Waals surface area contributed by atoms with E-state index in [9.17, 15) is 0 Å². The number of rotatable bonds is 9. The maximum absolute atomic E-state index is 5.78. The summed E-state index contributed by atoms with van der Waals surface area (Å²) in [5, 5.41) is 1.03. The zero-order chi connectivity index (χ0) is 15.0. The highest BCUT2D eigenvalue weighted by atomic mass is 79.9. The second-order valence-corrected chi connectivity index (χ2v) is 5.37. The lowest BCUT2D eigenvalue weighted by Gasteiger charge is -2.15. The van der Waals surface area contributed by atoms with Crippen LogP contribution >= 0.6 is 15.9 Å². The van der Waals surface area contributed by atoms with Gasteiger partial charge in [-0.15, -0.1) is 0 Å². The second kappa shape index (κ2) is 8.95. The van der Waals surface area contributed by atoms with E-state index in [4.69, 9.17) is 18.9 Å². The number of hydrogen-bond acceptors (Lipinski definition) is 4. The van der Waals surface area contributed by atoms with Gasteiger partial charge in [0.1, 0.15) is 5.75 Å². The van der Waals surface area contributed by atoms with Crippen molar-refractivity contribution in [1.29, 1.82) is 0 Å². The molecule has 0 spiro atoms. The molecule has 0 amide bonds. The molecular weight excluding hydrogens is 324 g/mol. The molecule has 1 aromatic rings. The Kier molecular flexibility index (Phi) is 7.59. The molecule has 4 nitrogen and oxygen atoms in total. The maximum atomic E-state index is 5.78. The van der Waals surface area contributed by atoms with Crippen molar-refractivity contribution in [3.63, 3.8) is 0 Å². The van der Waals surface area contributed by atoms with Crippen LogP contribution < -0.4 is 18.9 Å². The maximum Gasteiger partial charge on any atom is 0.203 e. The molecule has 0 aliphatic heterocycles. The number of benzene rings is 1. The van der Waals surface area contributed by atoms with Crippen molar-refractivity contribution in [2.45, 2.75) is 19.8 Å². The van der Waals surface area contributed by atoms with E-state index < -0.39 is 0 Å². The molecule has 20 heavy (non-hydrogen) atoms. The molecule has 0 radical (unpaired) electrons. The number of ether oxygens (including phenoxy) is 4. The van der Waals surface area contributed by atoms with Crippen molar-refractivity contribution >= 4 is 15.9 Å². The lowest BCUT2D eigenvalue weighted by Crippen LogP contribution is -2.05. The lowest BCUT2D eigenvalue weighted by molar-refractivity contribution is 0.274. The van der Waals surface area contributed by atoms with Crippen molar-refractivity contribution in [3.8, 4) is 23.0 Å². The lowest BCUT2D eigenvalue weighted by atomic mass is 10.1. The molecule has 114 valence electrons. The Hall–Kier alpha value is -1.10. The highest BCUT2D eigenvalue weighted by Crippen LogP contribution is 2.40. The summed E-state index contributed by atoms with van der Waals surface area (Å²) in [4.78, 5) is 0. The van der Waals surface area contributed by atoms with Gasteiger partial charge in [0.2, 0.25) is 5.75 Å². The van der Waals surface area contributed by atoms with Gasteiger partial charge in [-0.05, 0) is 18.8 Å². The highest BCUT2D eigenvalue weighted by Gasteiger charge is 2.14. The minimum absolute atomic E-state index is 0.579. The molecule has 1 atom stereocenters. The van der Waals surface area contributed by atoms with E-state index in [0.717, 1.165) is 23.9 Å². The first-order valence-corrected chi connectivity index (χ1v) is 7.77. The predicted octanol–water partition coefficient (Wildman–Crippen LogP) is 3.90. The number of hydrogen-bond donors (Lipinski definition) is 0. The van der Waals surface area contributed by atoms with Crippen LogP contribution in [0.3, 0.4) is 0 Å². The van der Waals surface area contributed by atoms with Gasteiger partial charge in [0.25, 0.3) is 0 Å². The average molecular weight is 347 g/mol. The van der Waals surface area contributed by atoms with E-state index in [1.165, 1.54) is 0 Å². The third kappa shape index (κ3) is 4.78. The fourth-order valence-corrected chi connectivity index (χ4v) is 2.63. The van der Waals surface area contributed by atoms with E-state index in [0.29, 0.717) is 29.8 Å². The molecule has 1 aromatic carbocycles. The van der Waals surface area contributed by atoms with Gasteiger partial charge < -0.3 is 18.9 Å². The predicted molar refractivity (Wildman–Crippen MR) is 83.8 cm³/mol. The van der Waals surface area contributed by atoms with Crippen molar-refractivity contribution < 1.29 is 18.9 Å². The van der Waals surface area contributed by atoms with Gasteiger partial charge in [0, 0.05) is 17.5 Å². The normalized spacial score (nSPS) is 11.8. The van der Waals surface area contributed by atoms with Gasteiger partial charge in [-0.2, -0.15) is 0 Å². The van der Waals surface area contributed by atoms with E-state index in [1.54, 1.807) is 21.3 Å². The minimum atomic E-state index is 0.579. The van der Waals surface area contributed by atoms with Crippen LogP contribution in [0.15, 0.2) is 12.1 Å². The van der Waals surface area contributed by atoms with E-state index >= 15 is 0 Å². The molecule has 0 bridgehead atoms. The van der Waals surface area contributed by atoms with Crippen molar-refractivity contribution in [2.75, 3.05) is 33.3 Å². The number of halogens is 1. The molecule has 1 unspecified atom stereocenters.